The van der Waals surface area contributed by atoms with Crippen LogP contribution >= 0.6 is 34.8 Å². The molecule has 1 heterocycles. The SMILES string of the molecule is O=C1C=C(Nc2ccc(Cl)c(Cl)c2Cl)C(=O)N1CCO. The zero-order valence-corrected chi connectivity index (χ0v) is 12.3. The number of hydrogen-bond acceptors (Lipinski definition) is 4. The molecule has 2 rings (SSSR count). The van der Waals surface area contributed by atoms with E-state index in [0.717, 1.165) is 11.0 Å². The monoisotopic (exact) mass is 334 g/mol. The van der Waals surface area contributed by atoms with Crippen LogP contribution in [0.3, 0.4) is 0 Å². The van der Waals surface area contributed by atoms with Crippen molar-refractivity contribution in [1.82, 2.24) is 4.90 Å². The van der Waals surface area contributed by atoms with Crippen molar-refractivity contribution < 1.29 is 14.7 Å². The average Bonchev–Trinajstić information content (AvgIpc) is 2.67. The maximum absolute atomic E-state index is 11.9. The first-order chi connectivity index (χ1) is 9.45. The zero-order valence-electron chi connectivity index (χ0n) is 9.99. The van der Waals surface area contributed by atoms with Crippen molar-refractivity contribution in [1.29, 1.82) is 0 Å². The molecule has 1 aromatic carbocycles. The van der Waals surface area contributed by atoms with Crippen LogP contribution in [0.4, 0.5) is 5.69 Å². The molecular formula is C12H9Cl3N2O3. The summed E-state index contributed by atoms with van der Waals surface area (Å²) in [5, 5.41) is 12.1. The number of hydrogen-bond donors (Lipinski definition) is 2. The van der Waals surface area contributed by atoms with Crippen LogP contribution in [0.15, 0.2) is 23.9 Å². The highest BCUT2D eigenvalue weighted by molar-refractivity contribution is 6.49. The fourth-order valence-corrected chi connectivity index (χ4v) is 2.26. The van der Waals surface area contributed by atoms with Crippen molar-refractivity contribution in [2.45, 2.75) is 0 Å². The molecule has 20 heavy (non-hydrogen) atoms. The number of benzene rings is 1. The summed E-state index contributed by atoms with van der Waals surface area (Å²) in [6.45, 7) is -0.361. The second-order valence-electron chi connectivity index (χ2n) is 3.92. The van der Waals surface area contributed by atoms with Crippen LogP contribution in [-0.4, -0.2) is 35.0 Å². The maximum Gasteiger partial charge on any atom is 0.277 e. The van der Waals surface area contributed by atoms with Gasteiger partial charge in [-0.2, -0.15) is 0 Å². The minimum Gasteiger partial charge on any atom is -0.395 e. The minimum absolute atomic E-state index is 0.0590. The summed E-state index contributed by atoms with van der Waals surface area (Å²) < 4.78 is 0. The van der Waals surface area contributed by atoms with Crippen LogP contribution in [0.5, 0.6) is 0 Å². The van der Waals surface area contributed by atoms with Crippen LogP contribution in [0, 0.1) is 0 Å². The van der Waals surface area contributed by atoms with Gasteiger partial charge in [-0.05, 0) is 12.1 Å². The van der Waals surface area contributed by atoms with E-state index in [1.54, 1.807) is 6.07 Å². The van der Waals surface area contributed by atoms with E-state index >= 15 is 0 Å². The number of nitrogens with one attached hydrogen (secondary N) is 1. The molecule has 0 aromatic heterocycles. The molecule has 0 fully saturated rings. The Morgan fingerprint density at radius 2 is 1.85 bits per heavy atom. The lowest BCUT2D eigenvalue weighted by Gasteiger charge is -2.14. The van der Waals surface area contributed by atoms with Gasteiger partial charge in [0.2, 0.25) is 0 Å². The van der Waals surface area contributed by atoms with Gasteiger partial charge in [-0.3, -0.25) is 14.5 Å². The Bertz CT molecular complexity index is 616. The van der Waals surface area contributed by atoms with Crippen molar-refractivity contribution in [2.24, 2.45) is 0 Å². The summed E-state index contributed by atoms with van der Waals surface area (Å²) >= 11 is 17.7. The third kappa shape index (κ3) is 2.76. The summed E-state index contributed by atoms with van der Waals surface area (Å²) in [4.78, 5) is 24.4. The fourth-order valence-electron chi connectivity index (χ4n) is 1.68. The van der Waals surface area contributed by atoms with Crippen LogP contribution in [0.2, 0.25) is 15.1 Å². The molecular weight excluding hydrogens is 327 g/mol. The van der Waals surface area contributed by atoms with Crippen molar-refractivity contribution >= 4 is 52.3 Å². The maximum atomic E-state index is 11.9. The van der Waals surface area contributed by atoms with Gasteiger partial charge in [0.05, 0.1) is 33.9 Å². The normalized spacial score (nSPS) is 14.8. The molecule has 106 valence electrons. The lowest BCUT2D eigenvalue weighted by molar-refractivity contribution is -0.137. The molecule has 1 aliphatic heterocycles. The Hall–Kier alpha value is -1.27. The number of rotatable bonds is 4. The predicted octanol–water partition coefficient (Wildman–Crippen LogP) is 2.30. The number of aliphatic hydroxyl groups excluding tert-OH is 1. The molecule has 0 unspecified atom stereocenters. The van der Waals surface area contributed by atoms with Gasteiger partial charge < -0.3 is 10.4 Å². The Morgan fingerprint density at radius 1 is 1.15 bits per heavy atom. The van der Waals surface area contributed by atoms with Gasteiger partial charge in [-0.15, -0.1) is 0 Å². The standard InChI is InChI=1S/C12H9Cl3N2O3/c13-6-1-2-7(11(15)10(6)14)16-8-5-9(19)17(3-4-18)12(8)20/h1-2,5,16,18H,3-4H2. The molecule has 0 spiro atoms. The summed E-state index contributed by atoms with van der Waals surface area (Å²) in [5.41, 5.74) is 0.419. The van der Waals surface area contributed by atoms with E-state index in [-0.39, 0.29) is 33.9 Å². The number of carbonyl (C=O) groups excluding carboxylic acids is 2. The van der Waals surface area contributed by atoms with Gasteiger partial charge in [0.25, 0.3) is 11.8 Å². The average molecular weight is 336 g/mol. The molecule has 0 radical (unpaired) electrons. The van der Waals surface area contributed by atoms with Gasteiger partial charge in [0, 0.05) is 6.08 Å². The zero-order chi connectivity index (χ0) is 14.9. The van der Waals surface area contributed by atoms with Crippen LogP contribution in [-0.2, 0) is 9.59 Å². The number of amides is 2. The molecule has 1 aliphatic rings. The van der Waals surface area contributed by atoms with Crippen molar-refractivity contribution in [3.05, 3.63) is 39.0 Å². The second kappa shape index (κ2) is 6.01. The molecule has 0 atom stereocenters. The molecule has 2 N–H and O–H groups in total. The third-order valence-electron chi connectivity index (χ3n) is 2.64. The van der Waals surface area contributed by atoms with Gasteiger partial charge in [-0.1, -0.05) is 34.8 Å². The number of anilines is 1. The lowest BCUT2D eigenvalue weighted by atomic mass is 10.3. The Morgan fingerprint density at radius 3 is 2.50 bits per heavy atom. The molecule has 8 heteroatoms. The number of β-amino-alcohol motifs (C(OH)–C–C–N with tert-alkyl or cyclic N) is 1. The highest BCUT2D eigenvalue weighted by atomic mass is 35.5. The number of carbonyl (C=O) groups is 2. The van der Waals surface area contributed by atoms with Crippen LogP contribution in [0.1, 0.15) is 0 Å². The molecule has 0 saturated heterocycles. The first kappa shape index (κ1) is 15.1. The van der Waals surface area contributed by atoms with E-state index in [9.17, 15) is 9.59 Å². The van der Waals surface area contributed by atoms with Crippen molar-refractivity contribution in [2.75, 3.05) is 18.5 Å². The van der Waals surface area contributed by atoms with Crippen LogP contribution in [0.25, 0.3) is 0 Å². The third-order valence-corrected chi connectivity index (χ3v) is 3.93. The molecule has 0 saturated carbocycles. The molecule has 5 nitrogen and oxygen atoms in total. The lowest BCUT2D eigenvalue weighted by Crippen LogP contribution is -2.34. The van der Waals surface area contributed by atoms with Crippen LogP contribution < -0.4 is 5.32 Å². The highest BCUT2D eigenvalue weighted by Crippen LogP contribution is 2.36. The molecule has 0 aliphatic carbocycles. The summed E-state index contributed by atoms with van der Waals surface area (Å²) in [6.07, 6.45) is 1.14. The fraction of sp³-hybridized carbons (Fsp3) is 0.167. The first-order valence-corrected chi connectivity index (χ1v) is 6.68. The highest BCUT2D eigenvalue weighted by Gasteiger charge is 2.31. The summed E-state index contributed by atoms with van der Waals surface area (Å²) in [5.74, 6) is -1.03. The second-order valence-corrected chi connectivity index (χ2v) is 5.09. The van der Waals surface area contributed by atoms with Gasteiger partial charge in [0.1, 0.15) is 5.70 Å². The van der Waals surface area contributed by atoms with Gasteiger partial charge >= 0.3 is 0 Å². The predicted molar refractivity (Wildman–Crippen MR) is 77.0 cm³/mol. The van der Waals surface area contributed by atoms with Crippen molar-refractivity contribution in [3.8, 4) is 0 Å². The number of imide groups is 1. The molecule has 0 bridgehead atoms. The van der Waals surface area contributed by atoms with Gasteiger partial charge in [-0.25, -0.2) is 0 Å². The molecule has 1 aromatic rings. The number of aliphatic hydroxyl groups is 1. The van der Waals surface area contributed by atoms with E-state index in [2.05, 4.69) is 5.32 Å². The Kier molecular flexibility index (Phi) is 4.55. The number of halogens is 3. The van der Waals surface area contributed by atoms with E-state index in [1.165, 1.54) is 6.07 Å². The quantitative estimate of drug-likeness (QED) is 0.654. The summed E-state index contributed by atoms with van der Waals surface area (Å²) in [7, 11) is 0. The smallest absolute Gasteiger partial charge is 0.277 e. The van der Waals surface area contributed by atoms with Gasteiger partial charge in [0.15, 0.2) is 0 Å². The minimum atomic E-state index is -0.536. The Labute approximate surface area is 129 Å². The summed E-state index contributed by atoms with van der Waals surface area (Å²) in [6, 6.07) is 3.06. The van der Waals surface area contributed by atoms with E-state index in [1.807, 2.05) is 0 Å². The van der Waals surface area contributed by atoms with Crippen molar-refractivity contribution in [3.63, 3.8) is 0 Å². The first-order valence-electron chi connectivity index (χ1n) is 5.54. The topological polar surface area (TPSA) is 69.6 Å². The van der Waals surface area contributed by atoms with E-state index in [4.69, 9.17) is 39.9 Å². The number of nitrogens with zero attached hydrogens (tertiary/aromatic N) is 1. The van der Waals surface area contributed by atoms with E-state index < -0.39 is 11.8 Å². The largest absolute Gasteiger partial charge is 0.395 e. The molecule has 2 amide bonds. The van der Waals surface area contributed by atoms with E-state index in [0.29, 0.717) is 5.69 Å². The Balaban J connectivity index is 2.24.